The molecule has 7 heteroatoms. The van der Waals surface area contributed by atoms with E-state index >= 15 is 0 Å². The topological polar surface area (TPSA) is 71.1 Å². The molecule has 3 aromatic rings. The molecule has 0 spiro atoms. The van der Waals surface area contributed by atoms with E-state index in [1.54, 1.807) is 30.1 Å². The van der Waals surface area contributed by atoms with Crippen LogP contribution in [0.5, 0.6) is 0 Å². The SMILES string of the molecule is O=C(CNC(=O)c1cccs1)Nc1ccc(SCc2cccnc2)cc1. The second-order valence-corrected chi connectivity index (χ2v) is 7.38. The van der Waals surface area contributed by atoms with Crippen molar-refractivity contribution in [1.82, 2.24) is 10.3 Å². The van der Waals surface area contributed by atoms with Crippen LogP contribution in [0.2, 0.25) is 0 Å². The van der Waals surface area contributed by atoms with Crippen LogP contribution in [0.4, 0.5) is 5.69 Å². The van der Waals surface area contributed by atoms with Crippen molar-refractivity contribution < 1.29 is 9.59 Å². The van der Waals surface area contributed by atoms with Gasteiger partial charge in [0.25, 0.3) is 5.91 Å². The summed E-state index contributed by atoms with van der Waals surface area (Å²) in [4.78, 5) is 29.6. The quantitative estimate of drug-likeness (QED) is 0.609. The number of nitrogens with one attached hydrogen (secondary N) is 2. The molecule has 2 amide bonds. The Kier molecular flexibility index (Phi) is 6.40. The Morgan fingerprint density at radius 2 is 1.92 bits per heavy atom. The highest BCUT2D eigenvalue weighted by atomic mass is 32.2. The van der Waals surface area contributed by atoms with Gasteiger partial charge in [-0.15, -0.1) is 23.1 Å². The van der Waals surface area contributed by atoms with E-state index in [9.17, 15) is 9.59 Å². The summed E-state index contributed by atoms with van der Waals surface area (Å²) in [5.74, 6) is 0.344. The molecule has 5 nitrogen and oxygen atoms in total. The Labute approximate surface area is 159 Å². The fourth-order valence-electron chi connectivity index (χ4n) is 2.15. The number of pyridine rings is 1. The number of benzene rings is 1. The minimum atomic E-state index is -0.259. The number of hydrogen-bond donors (Lipinski definition) is 2. The van der Waals surface area contributed by atoms with Crippen LogP contribution in [0.1, 0.15) is 15.2 Å². The van der Waals surface area contributed by atoms with E-state index in [1.165, 1.54) is 11.3 Å². The molecule has 0 aliphatic heterocycles. The van der Waals surface area contributed by atoms with Crippen LogP contribution in [-0.2, 0) is 10.5 Å². The number of thioether (sulfide) groups is 1. The molecule has 0 aliphatic rings. The van der Waals surface area contributed by atoms with E-state index in [1.807, 2.05) is 48.0 Å². The molecule has 0 unspecified atom stereocenters. The lowest BCUT2D eigenvalue weighted by atomic mass is 10.3. The van der Waals surface area contributed by atoms with E-state index in [0.29, 0.717) is 10.6 Å². The molecule has 0 saturated heterocycles. The Morgan fingerprint density at radius 1 is 1.08 bits per heavy atom. The van der Waals surface area contributed by atoms with E-state index in [4.69, 9.17) is 0 Å². The first-order chi connectivity index (χ1) is 12.7. The number of hydrogen-bond acceptors (Lipinski definition) is 5. The zero-order valence-corrected chi connectivity index (χ0v) is 15.5. The van der Waals surface area contributed by atoms with E-state index in [0.717, 1.165) is 16.2 Å². The first-order valence-electron chi connectivity index (χ1n) is 7.94. The van der Waals surface area contributed by atoms with Crippen LogP contribution in [-0.4, -0.2) is 23.3 Å². The first kappa shape index (κ1) is 18.2. The Bertz CT molecular complexity index is 850. The van der Waals surface area contributed by atoms with E-state index < -0.39 is 0 Å². The molecule has 0 fully saturated rings. The van der Waals surface area contributed by atoms with Crippen molar-refractivity contribution in [2.24, 2.45) is 0 Å². The average molecular weight is 383 g/mol. The van der Waals surface area contributed by atoms with Gasteiger partial charge in [0.15, 0.2) is 0 Å². The maximum Gasteiger partial charge on any atom is 0.261 e. The monoisotopic (exact) mass is 383 g/mol. The molecule has 26 heavy (non-hydrogen) atoms. The minimum Gasteiger partial charge on any atom is -0.342 e. The number of amides is 2. The summed E-state index contributed by atoms with van der Waals surface area (Å²) in [5, 5.41) is 7.20. The largest absolute Gasteiger partial charge is 0.342 e. The van der Waals surface area contributed by atoms with Crippen molar-refractivity contribution in [3.8, 4) is 0 Å². The van der Waals surface area contributed by atoms with Gasteiger partial charge in [-0.2, -0.15) is 0 Å². The zero-order chi connectivity index (χ0) is 18.2. The van der Waals surface area contributed by atoms with Gasteiger partial charge in [0.05, 0.1) is 11.4 Å². The molecule has 2 heterocycles. The molecule has 0 bridgehead atoms. The van der Waals surface area contributed by atoms with Crippen molar-refractivity contribution in [3.05, 3.63) is 76.7 Å². The Morgan fingerprint density at radius 3 is 2.62 bits per heavy atom. The van der Waals surface area contributed by atoms with Crippen LogP contribution >= 0.6 is 23.1 Å². The molecule has 0 saturated carbocycles. The molecular formula is C19H17N3O2S2. The molecule has 0 radical (unpaired) electrons. The average Bonchev–Trinajstić information content (AvgIpc) is 3.21. The predicted molar refractivity (Wildman–Crippen MR) is 106 cm³/mol. The molecule has 0 atom stereocenters. The fourth-order valence-corrected chi connectivity index (χ4v) is 3.62. The summed E-state index contributed by atoms with van der Waals surface area (Å²) in [6.45, 7) is -0.0613. The number of anilines is 1. The summed E-state index contributed by atoms with van der Waals surface area (Å²) >= 11 is 3.05. The van der Waals surface area contributed by atoms with Crippen LogP contribution in [0, 0.1) is 0 Å². The molecule has 1 aromatic carbocycles. The lowest BCUT2D eigenvalue weighted by Gasteiger charge is -2.07. The number of nitrogens with zero attached hydrogens (tertiary/aromatic N) is 1. The third-order valence-electron chi connectivity index (χ3n) is 3.42. The third-order valence-corrected chi connectivity index (χ3v) is 5.37. The van der Waals surface area contributed by atoms with Crippen molar-refractivity contribution >= 4 is 40.6 Å². The third kappa shape index (κ3) is 5.44. The number of rotatable bonds is 7. The van der Waals surface area contributed by atoms with Crippen molar-refractivity contribution in [2.45, 2.75) is 10.6 Å². The van der Waals surface area contributed by atoms with Gasteiger partial charge in [0.1, 0.15) is 0 Å². The minimum absolute atomic E-state index is 0.0613. The molecule has 2 aromatic heterocycles. The number of thiophene rings is 1. The number of carbonyl (C=O) groups excluding carboxylic acids is 2. The van der Waals surface area contributed by atoms with Gasteiger partial charge >= 0.3 is 0 Å². The molecule has 0 aliphatic carbocycles. The predicted octanol–water partition coefficient (Wildman–Crippen LogP) is 3.80. The van der Waals surface area contributed by atoms with Gasteiger partial charge in [-0.05, 0) is 47.3 Å². The van der Waals surface area contributed by atoms with Gasteiger partial charge in [0.2, 0.25) is 5.91 Å². The van der Waals surface area contributed by atoms with Gasteiger partial charge in [-0.1, -0.05) is 12.1 Å². The van der Waals surface area contributed by atoms with Crippen molar-refractivity contribution in [3.63, 3.8) is 0 Å². The summed E-state index contributed by atoms with van der Waals surface area (Å²) in [7, 11) is 0. The molecule has 2 N–H and O–H groups in total. The van der Waals surface area contributed by atoms with Gasteiger partial charge in [-0.25, -0.2) is 0 Å². The van der Waals surface area contributed by atoms with Crippen molar-refractivity contribution in [1.29, 1.82) is 0 Å². The first-order valence-corrected chi connectivity index (χ1v) is 9.80. The van der Waals surface area contributed by atoms with Gasteiger partial charge in [-0.3, -0.25) is 14.6 Å². The summed E-state index contributed by atoms with van der Waals surface area (Å²) in [6.07, 6.45) is 3.61. The number of carbonyl (C=O) groups is 2. The fraction of sp³-hybridized carbons (Fsp3) is 0.105. The lowest BCUT2D eigenvalue weighted by molar-refractivity contribution is -0.115. The normalized spacial score (nSPS) is 10.3. The van der Waals surface area contributed by atoms with Crippen LogP contribution in [0.25, 0.3) is 0 Å². The van der Waals surface area contributed by atoms with Crippen molar-refractivity contribution in [2.75, 3.05) is 11.9 Å². The van der Waals surface area contributed by atoms with E-state index in [2.05, 4.69) is 15.6 Å². The maximum absolute atomic E-state index is 11.9. The highest BCUT2D eigenvalue weighted by Gasteiger charge is 2.09. The van der Waals surface area contributed by atoms with Gasteiger partial charge < -0.3 is 10.6 Å². The summed E-state index contributed by atoms with van der Waals surface area (Å²) < 4.78 is 0. The Hall–Kier alpha value is -2.64. The second kappa shape index (κ2) is 9.17. The van der Waals surface area contributed by atoms with Gasteiger partial charge in [0, 0.05) is 28.7 Å². The molecule has 132 valence electrons. The highest BCUT2D eigenvalue weighted by Crippen LogP contribution is 2.23. The maximum atomic E-state index is 11.9. The van der Waals surface area contributed by atoms with Crippen LogP contribution in [0.15, 0.2) is 71.2 Å². The smallest absolute Gasteiger partial charge is 0.261 e. The lowest BCUT2D eigenvalue weighted by Crippen LogP contribution is -2.32. The molecule has 3 rings (SSSR count). The zero-order valence-electron chi connectivity index (χ0n) is 13.8. The van der Waals surface area contributed by atoms with E-state index in [-0.39, 0.29) is 18.4 Å². The van der Waals surface area contributed by atoms with Crippen LogP contribution < -0.4 is 10.6 Å². The second-order valence-electron chi connectivity index (χ2n) is 5.38. The standard InChI is InChI=1S/C19H17N3O2S2/c23-18(12-21-19(24)17-4-2-10-25-17)22-15-5-7-16(8-6-15)26-13-14-3-1-9-20-11-14/h1-11H,12-13H2,(H,21,24)(H,22,23). The molecular weight excluding hydrogens is 366 g/mol. The summed E-state index contributed by atoms with van der Waals surface area (Å²) in [6, 6.07) is 15.1. The van der Waals surface area contributed by atoms with Crippen LogP contribution in [0.3, 0.4) is 0 Å². The highest BCUT2D eigenvalue weighted by molar-refractivity contribution is 7.98. The number of aromatic nitrogens is 1. The summed E-state index contributed by atoms with van der Waals surface area (Å²) in [5.41, 5.74) is 1.86. The Balaban J connectivity index is 1.44.